The summed E-state index contributed by atoms with van der Waals surface area (Å²) >= 11 is 0. The predicted molar refractivity (Wildman–Crippen MR) is 284 cm³/mol. The number of aryl methyl sites for hydroxylation is 1. The van der Waals surface area contributed by atoms with Gasteiger partial charge in [-0.05, 0) is 77.2 Å². The number of carbonyl (C=O) groups is 4. The second kappa shape index (κ2) is 50.6. The number of aromatic nitrogens is 2. The maximum absolute atomic E-state index is 12.3. The zero-order valence-corrected chi connectivity index (χ0v) is 45.4. The molecule has 0 radical (unpaired) electrons. The Morgan fingerprint density at radius 3 is 1.66 bits per heavy atom. The van der Waals surface area contributed by atoms with E-state index in [1.165, 1.54) is 148 Å². The van der Waals surface area contributed by atoms with Gasteiger partial charge in [0.15, 0.2) is 0 Å². The Bertz CT molecular complexity index is 1230. The number of likely N-dealkylation sites (tertiary alicyclic amines) is 1. The van der Waals surface area contributed by atoms with E-state index in [9.17, 15) is 19.2 Å². The van der Waals surface area contributed by atoms with Gasteiger partial charge in [-0.1, -0.05) is 195 Å². The first-order valence-electron chi connectivity index (χ1n) is 28.8. The monoisotopic (exact) mass is 960 g/mol. The number of unbranched alkanes of at least 4 members (excludes halogenated alkanes) is 24. The molecule has 10 heteroatoms. The SMILES string of the molecule is CC(=O)CCCCCN1CCC(OC(=O)CCn2ccnc2)C1.CCCCCCCCC(CCCCCCCC)OC(=O)CCCCCCCOC=O.CCCCCCCCCCCC(C)CC. The fourth-order valence-electron chi connectivity index (χ4n) is 8.72. The maximum Gasteiger partial charge on any atom is 0.307 e. The van der Waals surface area contributed by atoms with Crippen LogP contribution in [0.3, 0.4) is 0 Å². The summed E-state index contributed by atoms with van der Waals surface area (Å²) in [6, 6.07) is 0. The summed E-state index contributed by atoms with van der Waals surface area (Å²) in [5, 5.41) is 0. The molecule has 0 N–H and O–H groups in total. The summed E-state index contributed by atoms with van der Waals surface area (Å²) in [6.45, 7) is 17.6. The van der Waals surface area contributed by atoms with Crippen LogP contribution in [0.2, 0.25) is 0 Å². The van der Waals surface area contributed by atoms with Crippen molar-refractivity contribution in [3.8, 4) is 0 Å². The third kappa shape index (κ3) is 45.7. The topological polar surface area (TPSA) is 117 Å². The third-order valence-electron chi connectivity index (χ3n) is 13.4. The molecule has 0 bridgehead atoms. The Hall–Kier alpha value is -2.75. The molecule has 0 spiro atoms. The molecule has 2 heterocycles. The molecule has 2 atom stereocenters. The van der Waals surface area contributed by atoms with Gasteiger partial charge in [0.2, 0.25) is 0 Å². The van der Waals surface area contributed by atoms with E-state index in [0.29, 0.717) is 38.9 Å². The van der Waals surface area contributed by atoms with E-state index in [-0.39, 0.29) is 29.9 Å². The molecule has 0 amide bonds. The van der Waals surface area contributed by atoms with Crippen molar-refractivity contribution >= 4 is 24.2 Å². The Kier molecular flexibility index (Phi) is 48.6. The van der Waals surface area contributed by atoms with Crippen LogP contribution in [0.1, 0.15) is 279 Å². The molecule has 1 aliphatic rings. The molecule has 1 fully saturated rings. The highest BCUT2D eigenvalue weighted by Crippen LogP contribution is 2.19. The van der Waals surface area contributed by atoms with Gasteiger partial charge in [0.1, 0.15) is 18.0 Å². The molecular formula is C58H109N3O7. The van der Waals surface area contributed by atoms with Gasteiger partial charge in [-0.15, -0.1) is 0 Å². The summed E-state index contributed by atoms with van der Waals surface area (Å²) in [5.41, 5.74) is 0. The molecule has 0 saturated carbocycles. The van der Waals surface area contributed by atoms with Crippen molar-refractivity contribution in [3.05, 3.63) is 18.7 Å². The quantitative estimate of drug-likeness (QED) is 0.0273. The van der Waals surface area contributed by atoms with E-state index in [0.717, 1.165) is 96.2 Å². The largest absolute Gasteiger partial charge is 0.468 e. The zero-order valence-electron chi connectivity index (χ0n) is 45.4. The molecule has 0 aromatic carbocycles. The van der Waals surface area contributed by atoms with Gasteiger partial charge in [0.05, 0.1) is 19.4 Å². The summed E-state index contributed by atoms with van der Waals surface area (Å²) in [7, 11) is 0. The van der Waals surface area contributed by atoms with Crippen molar-refractivity contribution in [1.29, 1.82) is 0 Å². The van der Waals surface area contributed by atoms with Gasteiger partial charge in [-0.3, -0.25) is 19.3 Å². The molecule has 398 valence electrons. The van der Waals surface area contributed by atoms with Crippen LogP contribution in [-0.2, 0) is 39.9 Å². The molecule has 10 nitrogen and oxygen atoms in total. The van der Waals surface area contributed by atoms with Crippen LogP contribution >= 0.6 is 0 Å². The highest BCUT2D eigenvalue weighted by molar-refractivity contribution is 5.75. The van der Waals surface area contributed by atoms with Crippen LogP contribution in [0.15, 0.2) is 18.7 Å². The van der Waals surface area contributed by atoms with Crippen molar-refractivity contribution in [1.82, 2.24) is 14.5 Å². The number of ether oxygens (including phenoxy) is 3. The number of ketones is 1. The number of Topliss-reactive ketones (excluding diaryl/α,β-unsaturated/α-hetero) is 1. The minimum absolute atomic E-state index is 0.0127. The minimum Gasteiger partial charge on any atom is -0.468 e. The molecule has 1 aliphatic heterocycles. The first-order valence-corrected chi connectivity index (χ1v) is 28.8. The first kappa shape index (κ1) is 65.2. The summed E-state index contributed by atoms with van der Waals surface area (Å²) in [4.78, 5) is 51.4. The maximum atomic E-state index is 12.3. The van der Waals surface area contributed by atoms with Crippen LogP contribution in [0, 0.1) is 5.92 Å². The average Bonchev–Trinajstić information content (AvgIpc) is 4.03. The number of imidazole rings is 1. The number of hydrogen-bond donors (Lipinski definition) is 0. The molecule has 2 unspecified atom stereocenters. The Balaban J connectivity index is 0.00000105. The lowest BCUT2D eigenvalue weighted by molar-refractivity contribution is -0.150. The van der Waals surface area contributed by atoms with Gasteiger partial charge in [-0.25, -0.2) is 4.98 Å². The first-order chi connectivity index (χ1) is 33.2. The fourth-order valence-corrected chi connectivity index (χ4v) is 8.72. The van der Waals surface area contributed by atoms with Crippen molar-refractivity contribution in [2.24, 2.45) is 5.92 Å². The standard InChI is InChI=1S/C26H50O4.C17H27N3O3.C15H32/c1-3-5-7-9-12-16-20-25(21-17-13-10-8-6-4-2)30-26(28)22-18-14-11-15-19-23-29-24-27;1-15(21)5-3-2-4-9-19-10-6-16(13-19)23-17(22)7-11-20-12-8-18-14-20;1-4-6-7-8-9-10-11-12-13-14-15(3)5-2/h24-25H,3-23H2,1-2H3;8,12,14,16H,2-7,9-11,13H2,1H3;15H,4-14H2,1-3H3. The van der Waals surface area contributed by atoms with Crippen LogP contribution in [0.5, 0.6) is 0 Å². The second-order valence-corrected chi connectivity index (χ2v) is 20.1. The van der Waals surface area contributed by atoms with Crippen molar-refractivity contribution < 1.29 is 33.4 Å². The zero-order chi connectivity index (χ0) is 50.0. The number of rotatable bonds is 45. The Morgan fingerprint density at radius 1 is 0.618 bits per heavy atom. The molecule has 2 rings (SSSR count). The molecule has 68 heavy (non-hydrogen) atoms. The van der Waals surface area contributed by atoms with E-state index in [4.69, 9.17) is 9.47 Å². The van der Waals surface area contributed by atoms with Crippen molar-refractivity contribution in [3.63, 3.8) is 0 Å². The van der Waals surface area contributed by atoms with Gasteiger partial charge in [0, 0.05) is 44.9 Å². The smallest absolute Gasteiger partial charge is 0.307 e. The Morgan fingerprint density at radius 2 is 1.13 bits per heavy atom. The minimum atomic E-state index is -0.132. The summed E-state index contributed by atoms with van der Waals surface area (Å²) in [6.07, 6.45) is 49.5. The summed E-state index contributed by atoms with van der Waals surface area (Å²) < 4.78 is 18.0. The summed E-state index contributed by atoms with van der Waals surface area (Å²) in [5.74, 6) is 1.08. The van der Waals surface area contributed by atoms with Crippen LogP contribution in [0.4, 0.5) is 0 Å². The molecular weight excluding hydrogens is 851 g/mol. The average molecular weight is 961 g/mol. The second-order valence-electron chi connectivity index (χ2n) is 20.1. The number of esters is 2. The van der Waals surface area contributed by atoms with E-state index in [1.54, 1.807) is 19.4 Å². The lowest BCUT2D eigenvalue weighted by atomic mass is 9.99. The van der Waals surface area contributed by atoms with Crippen LogP contribution < -0.4 is 0 Å². The van der Waals surface area contributed by atoms with Gasteiger partial charge in [-0.2, -0.15) is 0 Å². The lowest BCUT2D eigenvalue weighted by Crippen LogP contribution is -2.26. The fraction of sp³-hybridized carbons (Fsp3) is 0.879. The van der Waals surface area contributed by atoms with E-state index >= 15 is 0 Å². The third-order valence-corrected chi connectivity index (χ3v) is 13.4. The number of hydrogen-bond acceptors (Lipinski definition) is 9. The predicted octanol–water partition coefficient (Wildman–Crippen LogP) is 15.9. The Labute approximate surface area is 419 Å². The molecule has 1 saturated heterocycles. The van der Waals surface area contributed by atoms with E-state index in [1.807, 2.05) is 10.8 Å². The van der Waals surface area contributed by atoms with E-state index < -0.39 is 0 Å². The van der Waals surface area contributed by atoms with Crippen molar-refractivity contribution in [2.75, 3.05) is 26.2 Å². The molecule has 0 aliphatic carbocycles. The molecule has 1 aromatic rings. The lowest BCUT2D eigenvalue weighted by Gasteiger charge is -2.18. The van der Waals surface area contributed by atoms with Gasteiger partial charge in [0.25, 0.3) is 6.47 Å². The molecule has 1 aromatic heterocycles. The van der Waals surface area contributed by atoms with Crippen LogP contribution in [0.25, 0.3) is 0 Å². The van der Waals surface area contributed by atoms with Crippen LogP contribution in [-0.4, -0.2) is 77.1 Å². The van der Waals surface area contributed by atoms with Crippen molar-refractivity contribution in [2.45, 2.75) is 298 Å². The number of carbonyl (C=O) groups excluding carboxylic acids is 4. The van der Waals surface area contributed by atoms with Gasteiger partial charge < -0.3 is 23.6 Å². The van der Waals surface area contributed by atoms with E-state index in [2.05, 4.69) is 49.2 Å². The number of nitrogens with zero attached hydrogens (tertiary/aromatic N) is 3. The highest BCUT2D eigenvalue weighted by atomic mass is 16.5. The highest BCUT2D eigenvalue weighted by Gasteiger charge is 2.25. The van der Waals surface area contributed by atoms with Gasteiger partial charge >= 0.3 is 11.9 Å². The normalized spacial score (nSPS) is 13.9.